The number of nitrogens with zero attached hydrogens (tertiary/aromatic N) is 3. The molecule has 3 rings (SSSR count). The average molecular weight is 393 g/mol. The number of aromatic amines is 1. The maximum absolute atomic E-state index is 12.5. The highest BCUT2D eigenvalue weighted by Crippen LogP contribution is 2.26. The Morgan fingerprint density at radius 1 is 1.27 bits per heavy atom. The predicted octanol–water partition coefficient (Wildman–Crippen LogP) is 3.26. The Labute approximate surface area is 160 Å². The van der Waals surface area contributed by atoms with Crippen LogP contribution in [-0.4, -0.2) is 24.9 Å². The number of rotatable bonds is 6. The van der Waals surface area contributed by atoms with Crippen LogP contribution in [0.3, 0.4) is 0 Å². The Kier molecular flexibility index (Phi) is 5.58. The predicted molar refractivity (Wildman–Crippen MR) is 106 cm³/mol. The zero-order valence-electron chi connectivity index (χ0n) is 15.0. The molecule has 6 nitrogen and oxygen atoms in total. The van der Waals surface area contributed by atoms with Crippen molar-refractivity contribution >= 4 is 34.5 Å². The summed E-state index contributed by atoms with van der Waals surface area (Å²) in [5.74, 6) is 1.46. The summed E-state index contributed by atoms with van der Waals surface area (Å²) >= 11 is 7.90. The van der Waals surface area contributed by atoms with Gasteiger partial charge in [-0.05, 0) is 24.0 Å². The molecule has 2 aromatic heterocycles. The van der Waals surface area contributed by atoms with Gasteiger partial charge in [-0.15, -0.1) is 0 Å². The second-order valence-electron chi connectivity index (χ2n) is 6.59. The number of benzene rings is 1. The van der Waals surface area contributed by atoms with Crippen LogP contribution in [0, 0.1) is 5.92 Å². The van der Waals surface area contributed by atoms with E-state index in [9.17, 15) is 9.59 Å². The fourth-order valence-electron chi connectivity index (χ4n) is 2.65. The second kappa shape index (κ2) is 7.72. The molecule has 138 valence electrons. The molecule has 8 heteroatoms. The quantitative estimate of drug-likeness (QED) is 0.653. The maximum atomic E-state index is 12.5. The fraction of sp³-hybridized carbons (Fsp3) is 0.389. The summed E-state index contributed by atoms with van der Waals surface area (Å²) in [6.45, 7) is 4.75. The largest absolute Gasteiger partial charge is 0.329 e. The number of aromatic nitrogens is 4. The number of hydrogen-bond acceptors (Lipinski definition) is 4. The minimum Gasteiger partial charge on any atom is -0.309 e. The minimum absolute atomic E-state index is 0.387. The van der Waals surface area contributed by atoms with Crippen molar-refractivity contribution in [1.82, 2.24) is 19.1 Å². The van der Waals surface area contributed by atoms with Crippen LogP contribution in [0.1, 0.15) is 25.8 Å². The molecule has 0 unspecified atom stereocenters. The number of fused-ring (bicyclic) bond motifs is 1. The normalized spacial score (nSPS) is 11.6. The molecule has 0 saturated heterocycles. The molecule has 0 aliphatic rings. The Morgan fingerprint density at radius 2 is 2.00 bits per heavy atom. The van der Waals surface area contributed by atoms with Crippen LogP contribution in [0.4, 0.5) is 0 Å². The fourth-order valence-corrected chi connectivity index (χ4v) is 4.08. The molecule has 0 radical (unpaired) electrons. The highest BCUT2D eigenvalue weighted by Gasteiger charge is 2.18. The van der Waals surface area contributed by atoms with Crippen LogP contribution in [0.2, 0.25) is 5.02 Å². The van der Waals surface area contributed by atoms with E-state index in [0.717, 1.165) is 17.7 Å². The Balaban J connectivity index is 2.13. The van der Waals surface area contributed by atoms with Gasteiger partial charge < -0.3 is 4.57 Å². The van der Waals surface area contributed by atoms with Gasteiger partial charge in [0.15, 0.2) is 16.3 Å². The summed E-state index contributed by atoms with van der Waals surface area (Å²) in [7, 11) is 1.61. The molecule has 1 aromatic carbocycles. The van der Waals surface area contributed by atoms with Crippen LogP contribution in [-0.2, 0) is 13.6 Å². The lowest BCUT2D eigenvalue weighted by atomic mass is 10.2. The first kappa shape index (κ1) is 18.8. The molecule has 3 aromatic rings. The number of aryl methyl sites for hydroxylation is 1. The molecule has 0 saturated carbocycles. The van der Waals surface area contributed by atoms with Gasteiger partial charge in [0, 0.05) is 17.8 Å². The highest BCUT2D eigenvalue weighted by atomic mass is 35.5. The molecular formula is C18H21ClN4O2S. The molecule has 0 amide bonds. The van der Waals surface area contributed by atoms with Crippen LogP contribution < -0.4 is 11.2 Å². The van der Waals surface area contributed by atoms with Gasteiger partial charge in [0.25, 0.3) is 5.56 Å². The smallest absolute Gasteiger partial charge is 0.309 e. The van der Waals surface area contributed by atoms with E-state index in [1.807, 2.05) is 28.8 Å². The number of H-pyrrole nitrogens is 1. The third kappa shape index (κ3) is 3.73. The van der Waals surface area contributed by atoms with E-state index in [2.05, 4.69) is 23.8 Å². The van der Waals surface area contributed by atoms with E-state index in [1.54, 1.807) is 18.8 Å². The lowest BCUT2D eigenvalue weighted by molar-refractivity contribution is 0.630. The summed E-state index contributed by atoms with van der Waals surface area (Å²) < 4.78 is 3.21. The summed E-state index contributed by atoms with van der Waals surface area (Å²) in [6, 6.07) is 7.52. The van der Waals surface area contributed by atoms with Crippen LogP contribution in [0.15, 0.2) is 39.0 Å². The van der Waals surface area contributed by atoms with E-state index in [-0.39, 0.29) is 0 Å². The molecular weight excluding hydrogens is 372 g/mol. The van der Waals surface area contributed by atoms with Gasteiger partial charge in [0.2, 0.25) is 0 Å². The molecule has 26 heavy (non-hydrogen) atoms. The van der Waals surface area contributed by atoms with Crippen LogP contribution >= 0.6 is 23.4 Å². The van der Waals surface area contributed by atoms with Gasteiger partial charge in [0.1, 0.15) is 0 Å². The number of nitrogens with one attached hydrogen (secondary N) is 1. The molecule has 0 spiro atoms. The van der Waals surface area contributed by atoms with Crippen molar-refractivity contribution in [1.29, 1.82) is 0 Å². The van der Waals surface area contributed by atoms with Crippen LogP contribution in [0.25, 0.3) is 11.2 Å². The monoisotopic (exact) mass is 392 g/mol. The first-order valence-corrected chi connectivity index (χ1v) is 9.80. The summed E-state index contributed by atoms with van der Waals surface area (Å²) in [6.07, 6.45) is 1.04. The molecule has 1 N–H and O–H groups in total. The topological polar surface area (TPSA) is 72.7 Å². The number of halogens is 1. The Hall–Kier alpha value is -1.99. The molecule has 0 bridgehead atoms. The van der Waals surface area contributed by atoms with Crippen molar-refractivity contribution in [2.24, 2.45) is 13.0 Å². The minimum atomic E-state index is -0.469. The zero-order valence-corrected chi connectivity index (χ0v) is 16.5. The van der Waals surface area contributed by atoms with Gasteiger partial charge in [0.05, 0.1) is 6.54 Å². The van der Waals surface area contributed by atoms with Gasteiger partial charge in [-0.2, -0.15) is 0 Å². The number of hydrogen-bond donors (Lipinski definition) is 1. The van der Waals surface area contributed by atoms with Crippen molar-refractivity contribution in [3.63, 3.8) is 0 Å². The first-order valence-electron chi connectivity index (χ1n) is 8.44. The van der Waals surface area contributed by atoms with Gasteiger partial charge in [-0.1, -0.05) is 55.4 Å². The number of thioether (sulfide) groups is 1. The van der Waals surface area contributed by atoms with Crippen molar-refractivity contribution in [2.45, 2.75) is 32.0 Å². The molecule has 0 aliphatic heterocycles. The summed E-state index contributed by atoms with van der Waals surface area (Å²) in [5.41, 5.74) is 0.770. The molecule has 2 heterocycles. The van der Waals surface area contributed by atoms with Crippen molar-refractivity contribution < 1.29 is 0 Å². The third-order valence-corrected chi connectivity index (χ3v) is 5.56. The zero-order chi connectivity index (χ0) is 18.8. The second-order valence-corrected chi connectivity index (χ2v) is 8.06. The molecule has 0 aliphatic carbocycles. The van der Waals surface area contributed by atoms with Crippen molar-refractivity contribution in [2.75, 3.05) is 5.75 Å². The number of imidazole rings is 1. The lowest BCUT2D eigenvalue weighted by Crippen LogP contribution is -2.29. The summed E-state index contributed by atoms with van der Waals surface area (Å²) in [4.78, 5) is 31.3. The van der Waals surface area contributed by atoms with E-state index in [0.29, 0.717) is 33.8 Å². The average Bonchev–Trinajstić information content (AvgIpc) is 2.94. The van der Waals surface area contributed by atoms with Crippen molar-refractivity contribution in [3.8, 4) is 0 Å². The first-order chi connectivity index (χ1) is 12.4. The van der Waals surface area contributed by atoms with Crippen molar-refractivity contribution in [3.05, 3.63) is 55.7 Å². The van der Waals surface area contributed by atoms with Crippen LogP contribution in [0.5, 0.6) is 0 Å². The Bertz CT molecular complexity index is 1050. The van der Waals surface area contributed by atoms with E-state index in [4.69, 9.17) is 11.6 Å². The van der Waals surface area contributed by atoms with Gasteiger partial charge >= 0.3 is 5.69 Å². The maximum Gasteiger partial charge on any atom is 0.329 e. The van der Waals surface area contributed by atoms with E-state index in [1.165, 1.54) is 4.57 Å². The summed E-state index contributed by atoms with van der Waals surface area (Å²) in [5, 5.41) is 1.35. The Morgan fingerprint density at radius 3 is 2.69 bits per heavy atom. The van der Waals surface area contributed by atoms with E-state index < -0.39 is 11.2 Å². The SMILES string of the molecule is CC(C)CCSc1nc2c(c(=O)[nH]c(=O)n2C)n1Cc1ccccc1Cl. The van der Waals surface area contributed by atoms with Gasteiger partial charge in [-0.3, -0.25) is 14.3 Å². The van der Waals surface area contributed by atoms with Gasteiger partial charge in [-0.25, -0.2) is 9.78 Å². The third-order valence-electron chi connectivity index (χ3n) is 4.18. The van der Waals surface area contributed by atoms with E-state index >= 15 is 0 Å². The standard InChI is InChI=1S/C18H21ClN4O2S/c1-11(2)8-9-26-18-20-15-14(16(24)21-17(25)22(15)3)23(18)10-12-6-4-5-7-13(12)19/h4-7,11H,8-10H2,1-3H3,(H,21,24,25). The highest BCUT2D eigenvalue weighted by molar-refractivity contribution is 7.99. The molecule has 0 atom stereocenters. The molecule has 0 fully saturated rings. The lowest BCUT2D eigenvalue weighted by Gasteiger charge is -2.10.